The minimum atomic E-state index is -0.503. The normalized spacial score (nSPS) is 14.5. The van der Waals surface area contributed by atoms with Gasteiger partial charge in [-0.15, -0.1) is 11.8 Å². The van der Waals surface area contributed by atoms with E-state index in [0.29, 0.717) is 10.0 Å². The van der Waals surface area contributed by atoms with Crippen LogP contribution in [0.3, 0.4) is 0 Å². The maximum atomic E-state index is 14.1. The van der Waals surface area contributed by atoms with E-state index in [4.69, 9.17) is 23.8 Å². The molecule has 0 amide bonds. The zero-order valence-electron chi connectivity index (χ0n) is 12.5. The van der Waals surface area contributed by atoms with Crippen molar-refractivity contribution in [1.82, 2.24) is 10.4 Å². The van der Waals surface area contributed by atoms with Gasteiger partial charge in [-0.25, -0.2) is 9.82 Å². The van der Waals surface area contributed by atoms with Gasteiger partial charge in [-0.2, -0.15) is 0 Å². The molecular weight excluding hydrogens is 361 g/mol. The number of hydrogen-bond donors (Lipinski definition) is 2. The predicted molar refractivity (Wildman–Crippen MR) is 94.3 cm³/mol. The molecule has 1 saturated heterocycles. The summed E-state index contributed by atoms with van der Waals surface area (Å²) in [4.78, 5) is 11.8. The lowest BCUT2D eigenvalue weighted by atomic mass is 10.3. The Balaban J connectivity index is 2.08. The van der Waals surface area contributed by atoms with Crippen LogP contribution in [0.4, 0.5) is 10.1 Å². The number of rotatable bonds is 4. The van der Waals surface area contributed by atoms with Gasteiger partial charge in [0.2, 0.25) is 0 Å². The molecular formula is C14H17ClFN3O2S2. The first-order valence-electron chi connectivity index (χ1n) is 7.02. The Morgan fingerprint density at radius 2 is 2.35 bits per heavy atom. The number of nitrogens with zero attached hydrogens (tertiary/aromatic N) is 1. The van der Waals surface area contributed by atoms with Crippen molar-refractivity contribution in [3.63, 3.8) is 0 Å². The average Bonchev–Trinajstić information content (AvgIpc) is 2.56. The van der Waals surface area contributed by atoms with Gasteiger partial charge in [-0.3, -0.25) is 9.80 Å². The van der Waals surface area contributed by atoms with E-state index in [0.717, 1.165) is 25.9 Å². The monoisotopic (exact) mass is 377 g/mol. The molecule has 0 bridgehead atoms. The fourth-order valence-corrected chi connectivity index (χ4v) is 3.34. The lowest BCUT2D eigenvalue weighted by Crippen LogP contribution is -2.48. The van der Waals surface area contributed by atoms with Gasteiger partial charge >= 0.3 is 5.97 Å². The fourth-order valence-electron chi connectivity index (χ4n) is 1.98. The standard InChI is InChI=1S/C14H17ClFN3O2S2/c1-21-13(20)8-23-12-7-11(10(16)6-9(12)15)18-14(22)19-5-3-2-4-17-19/h6-7,17H,2-5,8H2,1H3,(H,18,22). The molecule has 1 heterocycles. The Morgan fingerprint density at radius 1 is 1.57 bits per heavy atom. The molecule has 1 aliphatic rings. The van der Waals surface area contributed by atoms with Crippen LogP contribution in [0.15, 0.2) is 17.0 Å². The van der Waals surface area contributed by atoms with Crippen LogP contribution in [0.25, 0.3) is 0 Å². The van der Waals surface area contributed by atoms with Gasteiger partial charge in [-0.1, -0.05) is 11.6 Å². The van der Waals surface area contributed by atoms with Crippen molar-refractivity contribution in [1.29, 1.82) is 0 Å². The quantitative estimate of drug-likeness (QED) is 0.475. The molecule has 0 aliphatic carbocycles. The molecule has 5 nitrogen and oxygen atoms in total. The van der Waals surface area contributed by atoms with Crippen molar-refractivity contribution in [3.05, 3.63) is 23.0 Å². The van der Waals surface area contributed by atoms with Crippen LogP contribution >= 0.6 is 35.6 Å². The largest absolute Gasteiger partial charge is 0.468 e. The van der Waals surface area contributed by atoms with Crippen LogP contribution in [0.2, 0.25) is 5.02 Å². The summed E-state index contributed by atoms with van der Waals surface area (Å²) < 4.78 is 18.7. The zero-order valence-corrected chi connectivity index (χ0v) is 14.9. The molecule has 0 spiro atoms. The van der Waals surface area contributed by atoms with Gasteiger partial charge < -0.3 is 10.1 Å². The zero-order chi connectivity index (χ0) is 16.8. The second-order valence-electron chi connectivity index (χ2n) is 4.82. The Bertz CT molecular complexity index is 598. The van der Waals surface area contributed by atoms with E-state index in [1.807, 2.05) is 0 Å². The summed E-state index contributed by atoms with van der Waals surface area (Å²) >= 11 is 12.5. The van der Waals surface area contributed by atoms with E-state index < -0.39 is 5.82 Å². The highest BCUT2D eigenvalue weighted by Gasteiger charge is 2.16. The summed E-state index contributed by atoms with van der Waals surface area (Å²) in [5.74, 6) is -0.783. The molecule has 23 heavy (non-hydrogen) atoms. The van der Waals surface area contributed by atoms with E-state index >= 15 is 0 Å². The summed E-state index contributed by atoms with van der Waals surface area (Å²) in [5, 5.41) is 5.30. The molecule has 0 saturated carbocycles. The number of methoxy groups -OCH3 is 1. The number of ether oxygens (including phenoxy) is 1. The van der Waals surface area contributed by atoms with Crippen molar-refractivity contribution in [2.24, 2.45) is 0 Å². The van der Waals surface area contributed by atoms with E-state index in [-0.39, 0.29) is 22.4 Å². The molecule has 0 atom stereocenters. The predicted octanol–water partition coefficient (Wildman–Crippen LogP) is 3.04. The smallest absolute Gasteiger partial charge is 0.315 e. The number of hydrazine groups is 1. The maximum Gasteiger partial charge on any atom is 0.315 e. The Kier molecular flexibility index (Phi) is 6.88. The summed E-state index contributed by atoms with van der Waals surface area (Å²) in [5.41, 5.74) is 3.37. The van der Waals surface area contributed by atoms with Crippen molar-refractivity contribution < 1.29 is 13.9 Å². The first-order valence-corrected chi connectivity index (χ1v) is 8.79. The number of thiocarbonyl (C=S) groups is 1. The number of carbonyl (C=O) groups excluding carboxylic acids is 1. The van der Waals surface area contributed by atoms with Crippen LogP contribution in [-0.4, -0.2) is 42.0 Å². The molecule has 2 N–H and O–H groups in total. The molecule has 1 aliphatic heterocycles. The molecule has 1 aromatic rings. The number of halogens is 2. The van der Waals surface area contributed by atoms with Crippen LogP contribution in [0, 0.1) is 5.82 Å². The number of benzene rings is 1. The number of hydrogen-bond acceptors (Lipinski definition) is 5. The first-order chi connectivity index (χ1) is 11.0. The molecule has 1 fully saturated rings. The van der Waals surface area contributed by atoms with E-state index in [9.17, 15) is 9.18 Å². The Morgan fingerprint density at radius 3 is 3.00 bits per heavy atom. The third-order valence-electron chi connectivity index (χ3n) is 3.19. The molecule has 2 rings (SSSR count). The number of anilines is 1. The van der Waals surface area contributed by atoms with Crippen LogP contribution in [0.5, 0.6) is 0 Å². The van der Waals surface area contributed by atoms with Crippen molar-refractivity contribution in [2.45, 2.75) is 17.7 Å². The van der Waals surface area contributed by atoms with Gasteiger partial charge in [0.1, 0.15) is 5.82 Å². The minimum absolute atomic E-state index is 0.0966. The average molecular weight is 378 g/mol. The van der Waals surface area contributed by atoms with E-state index in [2.05, 4.69) is 15.5 Å². The third kappa shape index (κ3) is 5.20. The highest BCUT2D eigenvalue weighted by molar-refractivity contribution is 8.00. The second kappa shape index (κ2) is 8.68. The minimum Gasteiger partial charge on any atom is -0.468 e. The van der Waals surface area contributed by atoms with E-state index in [1.165, 1.54) is 24.9 Å². The SMILES string of the molecule is COC(=O)CSc1cc(NC(=S)N2CCCCN2)c(F)cc1Cl. The van der Waals surface area contributed by atoms with Crippen molar-refractivity contribution in [3.8, 4) is 0 Å². The molecule has 0 radical (unpaired) electrons. The van der Waals surface area contributed by atoms with Gasteiger partial charge in [0, 0.05) is 18.0 Å². The Labute approximate surface area is 148 Å². The van der Waals surface area contributed by atoms with Crippen molar-refractivity contribution >= 4 is 52.3 Å². The summed E-state index contributed by atoms with van der Waals surface area (Å²) in [6.45, 7) is 1.61. The highest BCUT2D eigenvalue weighted by Crippen LogP contribution is 2.32. The lowest BCUT2D eigenvalue weighted by molar-refractivity contribution is -0.137. The number of thioether (sulfide) groups is 1. The van der Waals surface area contributed by atoms with Gasteiger partial charge in [0.05, 0.1) is 23.6 Å². The van der Waals surface area contributed by atoms with Gasteiger partial charge in [-0.05, 0) is 37.2 Å². The Hall–Kier alpha value is -1.09. The van der Waals surface area contributed by atoms with Gasteiger partial charge in [0.25, 0.3) is 0 Å². The second-order valence-corrected chi connectivity index (χ2v) is 6.64. The fraction of sp³-hybridized carbons (Fsp3) is 0.429. The first kappa shape index (κ1) is 18.3. The number of carbonyl (C=O) groups is 1. The lowest BCUT2D eigenvalue weighted by Gasteiger charge is -2.30. The van der Waals surface area contributed by atoms with Gasteiger partial charge in [0.15, 0.2) is 5.11 Å². The molecule has 9 heteroatoms. The summed E-state index contributed by atoms with van der Waals surface area (Å²) in [7, 11) is 1.31. The summed E-state index contributed by atoms with van der Waals surface area (Å²) in [6, 6.07) is 2.75. The van der Waals surface area contributed by atoms with Crippen LogP contribution in [-0.2, 0) is 9.53 Å². The summed E-state index contributed by atoms with van der Waals surface area (Å²) in [6.07, 6.45) is 2.11. The van der Waals surface area contributed by atoms with Crippen LogP contribution in [0.1, 0.15) is 12.8 Å². The molecule has 1 aromatic carbocycles. The number of nitrogens with one attached hydrogen (secondary N) is 2. The molecule has 0 unspecified atom stereocenters. The maximum absolute atomic E-state index is 14.1. The molecule has 0 aromatic heterocycles. The highest BCUT2D eigenvalue weighted by atomic mass is 35.5. The van der Waals surface area contributed by atoms with E-state index in [1.54, 1.807) is 11.1 Å². The van der Waals surface area contributed by atoms with Crippen molar-refractivity contribution in [2.75, 3.05) is 31.3 Å². The molecule has 126 valence electrons. The topological polar surface area (TPSA) is 53.6 Å². The van der Waals surface area contributed by atoms with Crippen LogP contribution < -0.4 is 10.7 Å². The number of esters is 1. The third-order valence-corrected chi connectivity index (χ3v) is 4.97.